The highest BCUT2D eigenvalue weighted by molar-refractivity contribution is 9.10. The quantitative estimate of drug-likeness (QED) is 0.660. The molecule has 7 heteroatoms. The Morgan fingerprint density at radius 1 is 1.28 bits per heavy atom. The lowest BCUT2D eigenvalue weighted by Crippen LogP contribution is -2.34. The minimum atomic E-state index is -0.250. The highest BCUT2D eigenvalue weighted by atomic mass is 79.9. The summed E-state index contributed by atoms with van der Waals surface area (Å²) in [4.78, 5) is 18.6. The Morgan fingerprint density at radius 2 is 2.16 bits per heavy atom. The SMILES string of the molecule is O=C(c1cc2ncc(Br)cn2n1)N1CC=C(c2cccc(F)c2)CC1. The van der Waals surface area contributed by atoms with E-state index in [1.165, 1.54) is 12.1 Å². The van der Waals surface area contributed by atoms with Crippen LogP contribution in [0.4, 0.5) is 4.39 Å². The summed E-state index contributed by atoms with van der Waals surface area (Å²) < 4.78 is 15.7. The van der Waals surface area contributed by atoms with Crippen LogP contribution in [0.15, 0.2) is 53.3 Å². The van der Waals surface area contributed by atoms with Gasteiger partial charge in [0.2, 0.25) is 0 Å². The molecule has 1 amide bonds. The Hall–Kier alpha value is -2.54. The first-order valence-corrected chi connectivity index (χ1v) is 8.64. The standard InChI is InChI=1S/C18H14BrFN4O/c19-14-10-21-17-9-16(22-24(17)11-14)18(25)23-6-4-12(5-7-23)13-2-1-3-15(20)8-13/h1-4,8-11H,5-7H2. The predicted octanol–water partition coefficient (Wildman–Crippen LogP) is 3.56. The average Bonchev–Trinajstić information content (AvgIpc) is 3.04. The van der Waals surface area contributed by atoms with Crippen LogP contribution in [0.5, 0.6) is 0 Å². The summed E-state index contributed by atoms with van der Waals surface area (Å²) in [6.07, 6.45) is 6.09. The number of halogens is 2. The Balaban J connectivity index is 1.53. The maximum absolute atomic E-state index is 13.4. The first-order chi connectivity index (χ1) is 12.1. The lowest BCUT2D eigenvalue weighted by Gasteiger charge is -2.26. The van der Waals surface area contributed by atoms with Crippen LogP contribution in [0, 0.1) is 5.82 Å². The van der Waals surface area contributed by atoms with E-state index in [2.05, 4.69) is 26.0 Å². The Morgan fingerprint density at radius 3 is 2.92 bits per heavy atom. The monoisotopic (exact) mass is 400 g/mol. The number of carbonyl (C=O) groups is 1. The van der Waals surface area contributed by atoms with Gasteiger partial charge in [0.1, 0.15) is 5.82 Å². The highest BCUT2D eigenvalue weighted by Gasteiger charge is 2.22. The van der Waals surface area contributed by atoms with Gasteiger partial charge in [-0.05, 0) is 45.6 Å². The van der Waals surface area contributed by atoms with Gasteiger partial charge in [0.25, 0.3) is 5.91 Å². The molecule has 0 saturated carbocycles. The molecule has 126 valence electrons. The molecule has 2 aromatic heterocycles. The second-order valence-electron chi connectivity index (χ2n) is 5.85. The van der Waals surface area contributed by atoms with E-state index in [-0.39, 0.29) is 11.7 Å². The molecule has 0 radical (unpaired) electrons. The maximum atomic E-state index is 13.4. The van der Waals surface area contributed by atoms with Gasteiger partial charge in [0, 0.05) is 31.5 Å². The van der Waals surface area contributed by atoms with Crippen LogP contribution < -0.4 is 0 Å². The van der Waals surface area contributed by atoms with Crippen LogP contribution in [-0.2, 0) is 0 Å². The molecule has 0 atom stereocenters. The molecule has 0 N–H and O–H groups in total. The molecule has 3 heterocycles. The summed E-state index contributed by atoms with van der Waals surface area (Å²) in [5, 5.41) is 4.30. The van der Waals surface area contributed by atoms with Crippen molar-refractivity contribution >= 4 is 33.1 Å². The van der Waals surface area contributed by atoms with E-state index in [0.717, 1.165) is 15.6 Å². The molecule has 3 aromatic rings. The van der Waals surface area contributed by atoms with Crippen molar-refractivity contribution in [3.63, 3.8) is 0 Å². The fourth-order valence-electron chi connectivity index (χ4n) is 2.92. The lowest BCUT2D eigenvalue weighted by molar-refractivity contribution is 0.0766. The van der Waals surface area contributed by atoms with Crippen LogP contribution in [0.1, 0.15) is 22.5 Å². The first kappa shape index (κ1) is 16.0. The summed E-state index contributed by atoms with van der Waals surface area (Å²) >= 11 is 3.34. The van der Waals surface area contributed by atoms with Crippen molar-refractivity contribution in [2.75, 3.05) is 13.1 Å². The summed E-state index contributed by atoms with van der Waals surface area (Å²) in [5.41, 5.74) is 2.92. The molecule has 4 rings (SSSR count). The molecule has 0 saturated heterocycles. The highest BCUT2D eigenvalue weighted by Crippen LogP contribution is 2.23. The number of aromatic nitrogens is 3. The Labute approximate surface area is 151 Å². The van der Waals surface area contributed by atoms with Crippen molar-refractivity contribution in [2.24, 2.45) is 0 Å². The number of fused-ring (bicyclic) bond motifs is 1. The third-order valence-corrected chi connectivity index (χ3v) is 4.60. The zero-order chi connectivity index (χ0) is 17.4. The number of hydrogen-bond acceptors (Lipinski definition) is 3. The number of rotatable bonds is 2. The molecule has 1 aliphatic heterocycles. The van der Waals surface area contributed by atoms with E-state index in [9.17, 15) is 9.18 Å². The van der Waals surface area contributed by atoms with Crippen molar-refractivity contribution in [1.29, 1.82) is 0 Å². The van der Waals surface area contributed by atoms with E-state index in [1.54, 1.807) is 33.9 Å². The lowest BCUT2D eigenvalue weighted by atomic mass is 9.99. The average molecular weight is 401 g/mol. The van der Waals surface area contributed by atoms with E-state index in [0.29, 0.717) is 30.9 Å². The van der Waals surface area contributed by atoms with Gasteiger partial charge in [0.05, 0.1) is 4.47 Å². The van der Waals surface area contributed by atoms with Gasteiger partial charge in [0.15, 0.2) is 11.3 Å². The molecule has 0 fully saturated rings. The Kier molecular flexibility index (Phi) is 4.09. The van der Waals surface area contributed by atoms with Crippen LogP contribution in [0.3, 0.4) is 0 Å². The van der Waals surface area contributed by atoms with Crippen molar-refractivity contribution in [3.8, 4) is 0 Å². The molecular weight excluding hydrogens is 387 g/mol. The first-order valence-electron chi connectivity index (χ1n) is 7.85. The third-order valence-electron chi connectivity index (χ3n) is 4.19. The molecule has 5 nitrogen and oxygen atoms in total. The molecule has 25 heavy (non-hydrogen) atoms. The normalized spacial score (nSPS) is 14.6. The summed E-state index contributed by atoms with van der Waals surface area (Å²) in [6, 6.07) is 8.22. The zero-order valence-corrected chi connectivity index (χ0v) is 14.8. The fourth-order valence-corrected chi connectivity index (χ4v) is 3.22. The predicted molar refractivity (Wildman–Crippen MR) is 95.6 cm³/mol. The van der Waals surface area contributed by atoms with E-state index >= 15 is 0 Å². The topological polar surface area (TPSA) is 50.5 Å². The molecule has 0 unspecified atom stereocenters. The van der Waals surface area contributed by atoms with E-state index in [4.69, 9.17) is 0 Å². The molecule has 0 spiro atoms. The molecular formula is C18H14BrFN4O. The zero-order valence-electron chi connectivity index (χ0n) is 13.2. The minimum absolute atomic E-state index is 0.129. The summed E-state index contributed by atoms with van der Waals surface area (Å²) in [6.45, 7) is 1.06. The van der Waals surface area contributed by atoms with Gasteiger partial charge in [-0.3, -0.25) is 4.79 Å². The fraction of sp³-hybridized carbons (Fsp3) is 0.167. The summed E-state index contributed by atoms with van der Waals surface area (Å²) in [7, 11) is 0. The second kappa shape index (κ2) is 6.40. The van der Waals surface area contributed by atoms with Crippen molar-refractivity contribution in [1.82, 2.24) is 19.5 Å². The Bertz CT molecular complexity index is 998. The van der Waals surface area contributed by atoms with Gasteiger partial charge in [-0.25, -0.2) is 13.9 Å². The van der Waals surface area contributed by atoms with Crippen LogP contribution >= 0.6 is 15.9 Å². The van der Waals surface area contributed by atoms with Gasteiger partial charge in [-0.2, -0.15) is 5.10 Å². The number of nitrogens with zero attached hydrogens (tertiary/aromatic N) is 4. The van der Waals surface area contributed by atoms with Crippen LogP contribution in [0.25, 0.3) is 11.2 Å². The van der Waals surface area contributed by atoms with E-state index < -0.39 is 0 Å². The molecule has 1 aliphatic rings. The second-order valence-corrected chi connectivity index (χ2v) is 6.76. The smallest absolute Gasteiger partial charge is 0.274 e. The van der Waals surface area contributed by atoms with Crippen molar-refractivity contribution in [2.45, 2.75) is 6.42 Å². The number of benzene rings is 1. The van der Waals surface area contributed by atoms with Crippen LogP contribution in [-0.4, -0.2) is 38.5 Å². The van der Waals surface area contributed by atoms with Gasteiger partial charge < -0.3 is 4.90 Å². The van der Waals surface area contributed by atoms with Gasteiger partial charge in [-0.15, -0.1) is 0 Å². The number of hydrogen-bond donors (Lipinski definition) is 0. The number of carbonyl (C=O) groups excluding carboxylic acids is 1. The largest absolute Gasteiger partial charge is 0.333 e. The number of amides is 1. The van der Waals surface area contributed by atoms with Gasteiger partial charge >= 0.3 is 0 Å². The van der Waals surface area contributed by atoms with Crippen LogP contribution in [0.2, 0.25) is 0 Å². The molecule has 0 bridgehead atoms. The maximum Gasteiger partial charge on any atom is 0.274 e. The summed E-state index contributed by atoms with van der Waals surface area (Å²) in [5.74, 6) is -0.378. The van der Waals surface area contributed by atoms with Crippen molar-refractivity contribution in [3.05, 3.63) is 70.3 Å². The molecule has 0 aliphatic carbocycles. The van der Waals surface area contributed by atoms with Crippen molar-refractivity contribution < 1.29 is 9.18 Å². The third kappa shape index (κ3) is 3.19. The van der Waals surface area contributed by atoms with E-state index in [1.807, 2.05) is 12.1 Å². The minimum Gasteiger partial charge on any atom is -0.333 e. The molecule has 1 aromatic carbocycles. The van der Waals surface area contributed by atoms with Gasteiger partial charge in [-0.1, -0.05) is 18.2 Å².